The van der Waals surface area contributed by atoms with Crippen LogP contribution >= 0.6 is 0 Å². The second-order valence-corrected chi connectivity index (χ2v) is 6.62. The van der Waals surface area contributed by atoms with E-state index in [-0.39, 0.29) is 24.8 Å². The molecule has 2 aromatic rings. The third-order valence-corrected chi connectivity index (χ3v) is 4.42. The molecule has 0 aliphatic carbocycles. The Morgan fingerprint density at radius 1 is 1.28 bits per heavy atom. The average Bonchev–Trinajstić information content (AvgIpc) is 2.82. The van der Waals surface area contributed by atoms with Crippen LogP contribution in [0.15, 0.2) is 36.7 Å². The standard InChI is InChI=1S/C19H22N6O4/c1-25-11-13-9-12(3-4-14(13)24-15(18(25)29)10-16(26)27)17(28)20-7-8-23-19-21-5-2-6-22-19/h2-6,9,15,24H,7-8,10-11H2,1H3,(H,20,28)(H,26,27)(H,21,22,23). The number of hydrogen-bond acceptors (Lipinski definition) is 7. The zero-order valence-electron chi connectivity index (χ0n) is 15.9. The van der Waals surface area contributed by atoms with E-state index in [9.17, 15) is 14.4 Å². The van der Waals surface area contributed by atoms with Crippen molar-refractivity contribution in [2.75, 3.05) is 30.8 Å². The number of carboxylic acid groups (broad SMARTS) is 1. The minimum Gasteiger partial charge on any atom is -0.481 e. The molecule has 152 valence electrons. The molecule has 1 aliphatic rings. The van der Waals surface area contributed by atoms with E-state index in [2.05, 4.69) is 25.9 Å². The third-order valence-electron chi connectivity index (χ3n) is 4.42. The van der Waals surface area contributed by atoms with Crippen molar-refractivity contribution in [1.82, 2.24) is 20.2 Å². The van der Waals surface area contributed by atoms with Crippen molar-refractivity contribution in [1.29, 1.82) is 0 Å². The first kappa shape index (κ1) is 20.1. The highest BCUT2D eigenvalue weighted by molar-refractivity contribution is 5.95. The summed E-state index contributed by atoms with van der Waals surface area (Å²) in [5.74, 6) is -1.12. The van der Waals surface area contributed by atoms with Gasteiger partial charge in [0.1, 0.15) is 6.04 Å². The zero-order chi connectivity index (χ0) is 20.8. The first-order chi connectivity index (χ1) is 13.9. The fraction of sp³-hybridized carbons (Fsp3) is 0.316. The van der Waals surface area contributed by atoms with Crippen molar-refractivity contribution in [2.45, 2.75) is 19.0 Å². The molecule has 29 heavy (non-hydrogen) atoms. The average molecular weight is 398 g/mol. The molecule has 0 spiro atoms. The molecule has 1 aromatic carbocycles. The summed E-state index contributed by atoms with van der Waals surface area (Å²) in [6.45, 7) is 1.13. The molecule has 2 amide bonds. The molecule has 2 heterocycles. The van der Waals surface area contributed by atoms with Crippen LogP contribution < -0.4 is 16.0 Å². The molecular weight excluding hydrogens is 376 g/mol. The van der Waals surface area contributed by atoms with Crippen molar-refractivity contribution >= 4 is 29.4 Å². The Morgan fingerprint density at radius 3 is 2.76 bits per heavy atom. The number of anilines is 2. The molecule has 1 atom stereocenters. The van der Waals surface area contributed by atoms with Gasteiger partial charge in [0.15, 0.2) is 0 Å². The fourth-order valence-corrected chi connectivity index (χ4v) is 3.01. The highest BCUT2D eigenvalue weighted by Crippen LogP contribution is 2.24. The third kappa shape index (κ3) is 5.18. The van der Waals surface area contributed by atoms with E-state index >= 15 is 0 Å². The molecule has 0 saturated carbocycles. The van der Waals surface area contributed by atoms with Crippen LogP contribution in [0, 0.1) is 0 Å². The quantitative estimate of drug-likeness (QED) is 0.496. The van der Waals surface area contributed by atoms with E-state index in [1.807, 2.05) is 0 Å². The van der Waals surface area contributed by atoms with Crippen LogP contribution in [0.1, 0.15) is 22.3 Å². The molecule has 0 fully saturated rings. The first-order valence-electron chi connectivity index (χ1n) is 9.09. The number of aliphatic carboxylic acids is 1. The van der Waals surface area contributed by atoms with Crippen LogP contribution in [0.5, 0.6) is 0 Å². The van der Waals surface area contributed by atoms with Crippen molar-refractivity contribution < 1.29 is 19.5 Å². The van der Waals surface area contributed by atoms with Gasteiger partial charge in [-0.25, -0.2) is 9.97 Å². The lowest BCUT2D eigenvalue weighted by Crippen LogP contribution is -2.39. The van der Waals surface area contributed by atoms with Gasteiger partial charge in [-0.3, -0.25) is 14.4 Å². The van der Waals surface area contributed by atoms with E-state index < -0.39 is 12.0 Å². The lowest BCUT2D eigenvalue weighted by molar-refractivity contribution is -0.141. The highest BCUT2D eigenvalue weighted by Gasteiger charge is 2.29. The van der Waals surface area contributed by atoms with Crippen LogP contribution in [0.2, 0.25) is 0 Å². The van der Waals surface area contributed by atoms with E-state index in [1.54, 1.807) is 43.7 Å². The molecule has 0 bridgehead atoms. The Balaban J connectivity index is 1.62. The van der Waals surface area contributed by atoms with Crippen LogP contribution in [0.4, 0.5) is 11.6 Å². The molecule has 0 radical (unpaired) electrons. The SMILES string of the molecule is CN1Cc2cc(C(=O)NCCNc3ncccn3)ccc2NC(CC(=O)O)C1=O. The minimum absolute atomic E-state index is 0.246. The number of hydrogen-bond donors (Lipinski definition) is 4. The molecule has 1 unspecified atom stereocenters. The molecule has 3 rings (SSSR count). The number of nitrogens with zero attached hydrogens (tertiary/aromatic N) is 3. The normalized spacial score (nSPS) is 15.7. The van der Waals surface area contributed by atoms with E-state index in [1.165, 1.54) is 4.90 Å². The maximum Gasteiger partial charge on any atom is 0.305 e. The summed E-state index contributed by atoms with van der Waals surface area (Å²) in [6, 6.07) is 5.92. The summed E-state index contributed by atoms with van der Waals surface area (Å²) in [4.78, 5) is 45.4. The van der Waals surface area contributed by atoms with Gasteiger partial charge in [0, 0.05) is 50.3 Å². The summed E-state index contributed by atoms with van der Waals surface area (Å²) >= 11 is 0. The van der Waals surface area contributed by atoms with E-state index in [4.69, 9.17) is 5.11 Å². The Morgan fingerprint density at radius 2 is 2.03 bits per heavy atom. The van der Waals surface area contributed by atoms with Gasteiger partial charge in [-0.05, 0) is 29.8 Å². The van der Waals surface area contributed by atoms with Crippen LogP contribution in [-0.2, 0) is 16.1 Å². The molecule has 0 saturated heterocycles. The summed E-state index contributed by atoms with van der Waals surface area (Å²) < 4.78 is 0. The molecule has 10 nitrogen and oxygen atoms in total. The number of carbonyl (C=O) groups excluding carboxylic acids is 2. The molecular formula is C19H22N6O4. The van der Waals surface area contributed by atoms with Gasteiger partial charge in [-0.2, -0.15) is 0 Å². The number of rotatable bonds is 7. The van der Waals surface area contributed by atoms with Gasteiger partial charge in [0.05, 0.1) is 6.42 Å². The predicted molar refractivity (Wildman–Crippen MR) is 105 cm³/mol. The highest BCUT2D eigenvalue weighted by atomic mass is 16.4. The number of nitrogens with one attached hydrogen (secondary N) is 3. The Labute approximate surface area is 167 Å². The maximum absolute atomic E-state index is 12.4. The number of benzene rings is 1. The van der Waals surface area contributed by atoms with Crippen molar-refractivity contribution in [3.05, 3.63) is 47.8 Å². The smallest absolute Gasteiger partial charge is 0.305 e. The van der Waals surface area contributed by atoms with Crippen molar-refractivity contribution in [3.63, 3.8) is 0 Å². The number of carboxylic acids is 1. The predicted octanol–water partition coefficient (Wildman–Crippen LogP) is 0.546. The van der Waals surface area contributed by atoms with E-state index in [0.29, 0.717) is 30.3 Å². The summed E-state index contributed by atoms with van der Waals surface area (Å²) in [7, 11) is 1.61. The van der Waals surface area contributed by atoms with Gasteiger partial charge >= 0.3 is 5.97 Å². The molecule has 1 aliphatic heterocycles. The van der Waals surface area contributed by atoms with Crippen LogP contribution in [0.3, 0.4) is 0 Å². The lowest BCUT2D eigenvalue weighted by atomic mass is 10.1. The fourth-order valence-electron chi connectivity index (χ4n) is 3.01. The number of fused-ring (bicyclic) bond motifs is 1. The van der Waals surface area contributed by atoms with Crippen LogP contribution in [-0.4, -0.2) is 63.9 Å². The minimum atomic E-state index is -1.06. The first-order valence-corrected chi connectivity index (χ1v) is 9.09. The summed E-state index contributed by atoms with van der Waals surface area (Å²) in [5, 5.41) is 17.8. The second kappa shape index (κ2) is 9.00. The van der Waals surface area contributed by atoms with Gasteiger partial charge in [-0.15, -0.1) is 0 Å². The largest absolute Gasteiger partial charge is 0.481 e. The van der Waals surface area contributed by atoms with Gasteiger partial charge in [0.2, 0.25) is 11.9 Å². The second-order valence-electron chi connectivity index (χ2n) is 6.62. The zero-order valence-corrected chi connectivity index (χ0v) is 15.9. The molecule has 1 aromatic heterocycles. The number of aromatic nitrogens is 2. The molecule has 10 heteroatoms. The maximum atomic E-state index is 12.4. The summed E-state index contributed by atoms with van der Waals surface area (Å²) in [5.41, 5.74) is 1.85. The monoisotopic (exact) mass is 398 g/mol. The van der Waals surface area contributed by atoms with Gasteiger partial charge < -0.3 is 26.0 Å². The Kier molecular flexibility index (Phi) is 6.22. The summed E-state index contributed by atoms with van der Waals surface area (Å²) in [6.07, 6.45) is 2.93. The van der Waals surface area contributed by atoms with E-state index in [0.717, 1.165) is 5.56 Å². The van der Waals surface area contributed by atoms with Crippen LogP contribution in [0.25, 0.3) is 0 Å². The number of amides is 2. The van der Waals surface area contributed by atoms with Crippen molar-refractivity contribution in [3.8, 4) is 0 Å². The van der Waals surface area contributed by atoms with Gasteiger partial charge in [-0.1, -0.05) is 0 Å². The molecule has 4 N–H and O–H groups in total. The van der Waals surface area contributed by atoms with Crippen molar-refractivity contribution in [2.24, 2.45) is 0 Å². The topological polar surface area (TPSA) is 137 Å². The Hall–Kier alpha value is -3.69. The lowest BCUT2D eigenvalue weighted by Gasteiger charge is -2.19. The number of likely N-dealkylation sites (N-methyl/N-ethyl adjacent to an activating group) is 1. The van der Waals surface area contributed by atoms with Gasteiger partial charge in [0.25, 0.3) is 5.91 Å². The Bertz CT molecular complexity index is 905. The number of carbonyl (C=O) groups is 3.